The second-order valence-electron chi connectivity index (χ2n) is 6.72. The molecule has 1 fully saturated rings. The third-order valence-electron chi connectivity index (χ3n) is 5.02. The van der Waals surface area contributed by atoms with Gasteiger partial charge in [0.2, 0.25) is 0 Å². The van der Waals surface area contributed by atoms with Crippen LogP contribution in [0.15, 0.2) is 60.7 Å². The van der Waals surface area contributed by atoms with Gasteiger partial charge in [0.15, 0.2) is 0 Å². The van der Waals surface area contributed by atoms with E-state index < -0.39 is 5.97 Å². The summed E-state index contributed by atoms with van der Waals surface area (Å²) in [5.74, 6) is -0.789. The molecule has 1 aliphatic carbocycles. The number of carboxylic acids is 1. The molecule has 0 atom stereocenters. The fraction of sp³-hybridized carbons (Fsp3) is 0.381. The molecule has 0 aromatic heterocycles. The van der Waals surface area contributed by atoms with Gasteiger partial charge in [-0.3, -0.25) is 9.69 Å². The molecule has 0 unspecified atom stereocenters. The Bertz CT molecular complexity index is 592. The van der Waals surface area contributed by atoms with E-state index in [1.807, 2.05) is 12.1 Å². The number of hydrogen-bond donors (Lipinski definition) is 1. The lowest BCUT2D eigenvalue weighted by Gasteiger charge is -2.36. The zero-order chi connectivity index (χ0) is 16.8. The van der Waals surface area contributed by atoms with Crippen LogP contribution in [0.2, 0.25) is 0 Å². The van der Waals surface area contributed by atoms with Crippen molar-refractivity contribution in [2.75, 3.05) is 0 Å². The van der Waals surface area contributed by atoms with Gasteiger partial charge < -0.3 is 5.11 Å². The van der Waals surface area contributed by atoms with Gasteiger partial charge in [0.05, 0.1) is 5.92 Å². The highest BCUT2D eigenvalue weighted by atomic mass is 16.4. The summed E-state index contributed by atoms with van der Waals surface area (Å²) < 4.78 is 0. The van der Waals surface area contributed by atoms with Gasteiger partial charge in [0, 0.05) is 19.1 Å². The molecule has 1 aliphatic rings. The molecule has 2 aromatic carbocycles. The van der Waals surface area contributed by atoms with Crippen molar-refractivity contribution in [3.8, 4) is 0 Å². The van der Waals surface area contributed by atoms with Crippen LogP contribution in [0.5, 0.6) is 0 Å². The Morgan fingerprint density at radius 1 is 0.833 bits per heavy atom. The molecule has 1 saturated carbocycles. The number of benzene rings is 2. The SMILES string of the molecule is O=C(O)[C@H]1CC[C@H](N(Cc2ccccc2)Cc2ccccc2)CC1. The molecule has 0 radical (unpaired) electrons. The summed E-state index contributed by atoms with van der Waals surface area (Å²) in [4.78, 5) is 13.7. The first-order chi connectivity index (χ1) is 11.7. The maximum Gasteiger partial charge on any atom is 0.306 e. The van der Waals surface area contributed by atoms with Crippen molar-refractivity contribution in [2.24, 2.45) is 5.92 Å². The van der Waals surface area contributed by atoms with E-state index in [1.54, 1.807) is 0 Å². The lowest BCUT2D eigenvalue weighted by molar-refractivity contribution is -0.143. The van der Waals surface area contributed by atoms with Crippen LogP contribution in [-0.2, 0) is 17.9 Å². The Morgan fingerprint density at radius 3 is 1.71 bits per heavy atom. The molecule has 0 aliphatic heterocycles. The zero-order valence-corrected chi connectivity index (χ0v) is 14.0. The lowest BCUT2D eigenvalue weighted by atomic mass is 9.85. The maximum atomic E-state index is 11.2. The summed E-state index contributed by atoms with van der Waals surface area (Å²) in [6.45, 7) is 1.83. The third kappa shape index (κ3) is 4.45. The smallest absolute Gasteiger partial charge is 0.306 e. The fourth-order valence-corrected chi connectivity index (χ4v) is 3.64. The Morgan fingerprint density at radius 2 is 1.29 bits per heavy atom. The molecule has 1 N–H and O–H groups in total. The first-order valence-corrected chi connectivity index (χ1v) is 8.77. The largest absolute Gasteiger partial charge is 0.481 e. The van der Waals surface area contributed by atoms with Crippen molar-refractivity contribution in [3.05, 3.63) is 71.8 Å². The summed E-state index contributed by atoms with van der Waals surface area (Å²) in [7, 11) is 0. The van der Waals surface area contributed by atoms with E-state index in [9.17, 15) is 9.90 Å². The van der Waals surface area contributed by atoms with E-state index in [0.717, 1.165) is 38.8 Å². The fourth-order valence-electron chi connectivity index (χ4n) is 3.64. The van der Waals surface area contributed by atoms with Gasteiger partial charge in [-0.2, -0.15) is 0 Å². The Hall–Kier alpha value is -2.13. The van der Waals surface area contributed by atoms with Crippen LogP contribution >= 0.6 is 0 Å². The van der Waals surface area contributed by atoms with Gasteiger partial charge >= 0.3 is 5.97 Å². The van der Waals surface area contributed by atoms with E-state index in [2.05, 4.69) is 53.4 Å². The van der Waals surface area contributed by atoms with Crippen LogP contribution in [0.25, 0.3) is 0 Å². The first kappa shape index (κ1) is 16.7. The van der Waals surface area contributed by atoms with Gasteiger partial charge in [-0.05, 0) is 36.8 Å². The number of carbonyl (C=O) groups is 1. The van der Waals surface area contributed by atoms with Gasteiger partial charge in [0.1, 0.15) is 0 Å². The van der Waals surface area contributed by atoms with E-state index in [1.165, 1.54) is 11.1 Å². The number of nitrogens with zero attached hydrogens (tertiary/aromatic N) is 1. The van der Waals surface area contributed by atoms with Crippen molar-refractivity contribution in [1.29, 1.82) is 0 Å². The summed E-state index contributed by atoms with van der Waals surface area (Å²) in [6, 6.07) is 21.5. The van der Waals surface area contributed by atoms with Gasteiger partial charge in [0.25, 0.3) is 0 Å². The van der Waals surface area contributed by atoms with E-state index >= 15 is 0 Å². The third-order valence-corrected chi connectivity index (χ3v) is 5.02. The molecule has 0 spiro atoms. The monoisotopic (exact) mass is 323 g/mol. The molecule has 3 rings (SSSR count). The normalized spacial score (nSPS) is 20.9. The zero-order valence-electron chi connectivity index (χ0n) is 14.0. The minimum Gasteiger partial charge on any atom is -0.481 e. The van der Waals surface area contributed by atoms with Crippen molar-refractivity contribution >= 4 is 5.97 Å². The van der Waals surface area contributed by atoms with Crippen LogP contribution in [0.4, 0.5) is 0 Å². The highest BCUT2D eigenvalue weighted by Crippen LogP contribution is 2.29. The summed E-state index contributed by atoms with van der Waals surface area (Å²) >= 11 is 0. The molecule has 3 heteroatoms. The average Bonchev–Trinajstić information content (AvgIpc) is 2.63. The van der Waals surface area contributed by atoms with Crippen molar-refractivity contribution in [3.63, 3.8) is 0 Å². The predicted octanol–water partition coefficient (Wildman–Crippen LogP) is 4.33. The van der Waals surface area contributed by atoms with Gasteiger partial charge in [-0.1, -0.05) is 60.7 Å². The topological polar surface area (TPSA) is 40.5 Å². The van der Waals surface area contributed by atoms with Crippen LogP contribution in [0.1, 0.15) is 36.8 Å². The summed E-state index contributed by atoms with van der Waals surface area (Å²) in [6.07, 6.45) is 3.52. The second kappa shape index (κ2) is 8.11. The first-order valence-electron chi connectivity index (χ1n) is 8.77. The maximum absolute atomic E-state index is 11.2. The molecule has 24 heavy (non-hydrogen) atoms. The van der Waals surface area contributed by atoms with E-state index in [0.29, 0.717) is 6.04 Å². The second-order valence-corrected chi connectivity index (χ2v) is 6.72. The van der Waals surface area contributed by atoms with E-state index in [4.69, 9.17) is 0 Å². The molecule has 0 bridgehead atoms. The molecule has 3 nitrogen and oxygen atoms in total. The lowest BCUT2D eigenvalue weighted by Crippen LogP contribution is -2.38. The van der Waals surface area contributed by atoms with Gasteiger partial charge in [-0.25, -0.2) is 0 Å². The van der Waals surface area contributed by atoms with Crippen molar-refractivity contribution < 1.29 is 9.90 Å². The molecule has 0 saturated heterocycles. The number of hydrogen-bond acceptors (Lipinski definition) is 2. The molecule has 126 valence electrons. The molecule has 0 heterocycles. The number of carboxylic acid groups (broad SMARTS) is 1. The van der Waals surface area contributed by atoms with Gasteiger partial charge in [-0.15, -0.1) is 0 Å². The van der Waals surface area contributed by atoms with Crippen molar-refractivity contribution in [1.82, 2.24) is 4.90 Å². The molecule has 0 amide bonds. The quantitative estimate of drug-likeness (QED) is 0.860. The van der Waals surface area contributed by atoms with Crippen LogP contribution in [0, 0.1) is 5.92 Å². The molecular formula is C21H25NO2. The standard InChI is InChI=1S/C21H25NO2/c23-21(24)19-11-13-20(14-12-19)22(15-17-7-3-1-4-8-17)16-18-9-5-2-6-10-18/h1-10,19-20H,11-16H2,(H,23,24)/t19-,20-. The number of rotatable bonds is 6. The Balaban J connectivity index is 1.71. The Kier molecular flexibility index (Phi) is 5.65. The van der Waals surface area contributed by atoms with Crippen LogP contribution < -0.4 is 0 Å². The minimum absolute atomic E-state index is 0.156. The van der Waals surface area contributed by atoms with Crippen LogP contribution in [-0.4, -0.2) is 22.0 Å². The minimum atomic E-state index is -0.633. The number of aliphatic carboxylic acids is 1. The molecule has 2 aromatic rings. The highest BCUT2D eigenvalue weighted by molar-refractivity contribution is 5.70. The predicted molar refractivity (Wildman–Crippen MR) is 95.5 cm³/mol. The Labute approximate surface area is 143 Å². The molecular weight excluding hydrogens is 298 g/mol. The van der Waals surface area contributed by atoms with Crippen LogP contribution in [0.3, 0.4) is 0 Å². The highest BCUT2D eigenvalue weighted by Gasteiger charge is 2.29. The van der Waals surface area contributed by atoms with Crippen molar-refractivity contribution in [2.45, 2.75) is 44.8 Å². The summed E-state index contributed by atoms with van der Waals surface area (Å²) in [5.41, 5.74) is 2.63. The van der Waals surface area contributed by atoms with E-state index in [-0.39, 0.29) is 5.92 Å². The average molecular weight is 323 g/mol. The summed E-state index contributed by atoms with van der Waals surface area (Å²) in [5, 5.41) is 9.22.